The molecule has 108 valence electrons. The highest BCUT2D eigenvalue weighted by molar-refractivity contribution is 5.83. The molecular weight excluding hydrogens is 252 g/mol. The number of nitrogens with zero attached hydrogens (tertiary/aromatic N) is 1. The number of carboxylic acids is 1. The van der Waals surface area contributed by atoms with Crippen molar-refractivity contribution in [1.29, 1.82) is 0 Å². The van der Waals surface area contributed by atoms with Gasteiger partial charge in [0.05, 0.1) is 19.8 Å². The van der Waals surface area contributed by atoms with Gasteiger partial charge >= 0.3 is 12.0 Å². The van der Waals surface area contributed by atoms with Gasteiger partial charge in [-0.3, -0.25) is 0 Å². The van der Waals surface area contributed by atoms with Gasteiger partial charge in [-0.05, 0) is 18.8 Å². The van der Waals surface area contributed by atoms with E-state index in [0.717, 1.165) is 19.4 Å². The van der Waals surface area contributed by atoms with Gasteiger partial charge in [0.25, 0.3) is 0 Å². The number of rotatable bonds is 3. The standard InChI is InChI=1S/C12H20N2O5/c15-11(16)10-8-19-5-3-14(10)12(17)13-6-9-2-1-4-18-7-9/h9-10H,1-8H2,(H,13,17)(H,15,16). The fourth-order valence-electron chi connectivity index (χ4n) is 2.35. The van der Waals surface area contributed by atoms with E-state index >= 15 is 0 Å². The van der Waals surface area contributed by atoms with E-state index in [9.17, 15) is 9.59 Å². The Hall–Kier alpha value is -1.34. The van der Waals surface area contributed by atoms with Gasteiger partial charge in [0.1, 0.15) is 0 Å². The lowest BCUT2D eigenvalue weighted by Crippen LogP contribution is -2.56. The third-order valence-electron chi connectivity index (χ3n) is 3.47. The van der Waals surface area contributed by atoms with Gasteiger partial charge in [-0.1, -0.05) is 0 Å². The summed E-state index contributed by atoms with van der Waals surface area (Å²) in [4.78, 5) is 24.4. The Morgan fingerprint density at radius 3 is 2.74 bits per heavy atom. The number of nitrogens with one attached hydrogen (secondary N) is 1. The molecular formula is C12H20N2O5. The minimum Gasteiger partial charge on any atom is -0.480 e. The fourth-order valence-corrected chi connectivity index (χ4v) is 2.35. The lowest BCUT2D eigenvalue weighted by Gasteiger charge is -2.33. The van der Waals surface area contributed by atoms with Crippen LogP contribution in [0.5, 0.6) is 0 Å². The molecule has 0 aliphatic carbocycles. The monoisotopic (exact) mass is 272 g/mol. The Morgan fingerprint density at radius 1 is 1.26 bits per heavy atom. The largest absolute Gasteiger partial charge is 0.480 e. The summed E-state index contributed by atoms with van der Waals surface area (Å²) in [6.07, 6.45) is 2.04. The average Bonchev–Trinajstić information content (AvgIpc) is 2.46. The second kappa shape index (κ2) is 6.72. The first-order valence-corrected chi connectivity index (χ1v) is 6.61. The molecule has 2 atom stereocenters. The molecule has 7 nitrogen and oxygen atoms in total. The van der Waals surface area contributed by atoms with Crippen molar-refractivity contribution >= 4 is 12.0 Å². The number of morpholine rings is 1. The molecule has 2 saturated heterocycles. The molecule has 2 N–H and O–H groups in total. The van der Waals surface area contributed by atoms with Crippen LogP contribution in [0.1, 0.15) is 12.8 Å². The SMILES string of the molecule is O=C(O)C1COCCN1C(=O)NCC1CCCOC1. The van der Waals surface area contributed by atoms with Crippen molar-refractivity contribution in [1.82, 2.24) is 10.2 Å². The van der Waals surface area contributed by atoms with Gasteiger partial charge in [0.2, 0.25) is 0 Å². The topological polar surface area (TPSA) is 88.1 Å². The lowest BCUT2D eigenvalue weighted by molar-refractivity contribution is -0.147. The summed E-state index contributed by atoms with van der Waals surface area (Å²) in [6.45, 7) is 2.71. The first-order chi connectivity index (χ1) is 9.18. The zero-order chi connectivity index (χ0) is 13.7. The molecule has 0 saturated carbocycles. The van der Waals surface area contributed by atoms with E-state index in [-0.39, 0.29) is 12.6 Å². The predicted octanol–water partition coefficient (Wildman–Crippen LogP) is -0.0920. The van der Waals surface area contributed by atoms with Gasteiger partial charge < -0.3 is 24.8 Å². The number of ether oxygens (including phenoxy) is 2. The fraction of sp³-hybridized carbons (Fsp3) is 0.833. The molecule has 0 radical (unpaired) electrons. The van der Waals surface area contributed by atoms with Crippen molar-refractivity contribution in [2.45, 2.75) is 18.9 Å². The molecule has 2 rings (SSSR count). The Bertz CT molecular complexity index is 330. The number of hydrogen-bond donors (Lipinski definition) is 2. The molecule has 0 bridgehead atoms. The molecule has 19 heavy (non-hydrogen) atoms. The van der Waals surface area contributed by atoms with Crippen molar-refractivity contribution in [2.24, 2.45) is 5.92 Å². The van der Waals surface area contributed by atoms with Crippen molar-refractivity contribution in [3.8, 4) is 0 Å². The van der Waals surface area contributed by atoms with E-state index in [4.69, 9.17) is 14.6 Å². The molecule has 0 aromatic rings. The molecule has 2 aliphatic rings. The average molecular weight is 272 g/mol. The van der Waals surface area contributed by atoms with E-state index in [1.54, 1.807) is 0 Å². The van der Waals surface area contributed by atoms with Crippen molar-refractivity contribution in [3.63, 3.8) is 0 Å². The van der Waals surface area contributed by atoms with Crippen LogP contribution in [-0.2, 0) is 14.3 Å². The lowest BCUT2D eigenvalue weighted by atomic mass is 10.0. The first kappa shape index (κ1) is 14.1. The molecule has 2 aliphatic heterocycles. The number of carboxylic acid groups (broad SMARTS) is 1. The summed E-state index contributed by atoms with van der Waals surface area (Å²) in [5, 5.41) is 11.8. The Balaban J connectivity index is 1.81. The highest BCUT2D eigenvalue weighted by atomic mass is 16.5. The van der Waals surface area contributed by atoms with Crippen LogP contribution in [-0.4, -0.2) is 67.6 Å². The van der Waals surface area contributed by atoms with Crippen LogP contribution in [0.15, 0.2) is 0 Å². The normalized spacial score (nSPS) is 27.9. The molecule has 2 fully saturated rings. The van der Waals surface area contributed by atoms with Crippen LogP contribution in [0.25, 0.3) is 0 Å². The van der Waals surface area contributed by atoms with E-state index in [1.807, 2.05) is 0 Å². The van der Waals surface area contributed by atoms with E-state index in [0.29, 0.717) is 32.2 Å². The number of aliphatic carboxylic acids is 1. The summed E-state index contributed by atoms with van der Waals surface area (Å²) >= 11 is 0. The first-order valence-electron chi connectivity index (χ1n) is 6.61. The zero-order valence-electron chi connectivity index (χ0n) is 10.8. The smallest absolute Gasteiger partial charge is 0.328 e. The van der Waals surface area contributed by atoms with Crippen LogP contribution in [0, 0.1) is 5.92 Å². The summed E-state index contributed by atoms with van der Waals surface area (Å²) in [5.41, 5.74) is 0. The van der Waals surface area contributed by atoms with Crippen LogP contribution in [0.3, 0.4) is 0 Å². The Kier molecular flexibility index (Phi) is 4.98. The quantitative estimate of drug-likeness (QED) is 0.749. The third-order valence-corrected chi connectivity index (χ3v) is 3.47. The molecule has 0 aromatic heterocycles. The number of hydrogen-bond acceptors (Lipinski definition) is 4. The van der Waals surface area contributed by atoms with Crippen molar-refractivity contribution in [3.05, 3.63) is 0 Å². The van der Waals surface area contributed by atoms with Crippen molar-refractivity contribution < 1.29 is 24.2 Å². The van der Waals surface area contributed by atoms with Crippen molar-refractivity contribution in [2.75, 3.05) is 39.5 Å². The number of amides is 2. The van der Waals surface area contributed by atoms with Gasteiger partial charge in [-0.2, -0.15) is 0 Å². The number of carbonyl (C=O) groups excluding carboxylic acids is 1. The maximum atomic E-state index is 12.0. The third kappa shape index (κ3) is 3.81. The minimum absolute atomic E-state index is 0.0509. The second-order valence-corrected chi connectivity index (χ2v) is 4.89. The Labute approximate surface area is 111 Å². The van der Waals surface area contributed by atoms with Gasteiger partial charge in [0, 0.05) is 19.7 Å². The number of urea groups is 1. The van der Waals surface area contributed by atoms with Crippen LogP contribution in [0.2, 0.25) is 0 Å². The van der Waals surface area contributed by atoms with E-state index < -0.39 is 12.0 Å². The summed E-state index contributed by atoms with van der Waals surface area (Å²) in [6, 6.07) is -1.22. The van der Waals surface area contributed by atoms with Gasteiger partial charge in [0.15, 0.2) is 6.04 Å². The summed E-state index contributed by atoms with van der Waals surface area (Å²) in [5.74, 6) is -0.710. The zero-order valence-corrected chi connectivity index (χ0v) is 10.8. The van der Waals surface area contributed by atoms with Crippen LogP contribution < -0.4 is 5.32 Å². The maximum Gasteiger partial charge on any atom is 0.328 e. The maximum absolute atomic E-state index is 12.0. The summed E-state index contributed by atoms with van der Waals surface area (Å²) in [7, 11) is 0. The van der Waals surface area contributed by atoms with Crippen LogP contribution in [0.4, 0.5) is 4.79 Å². The van der Waals surface area contributed by atoms with Gasteiger partial charge in [-0.25, -0.2) is 9.59 Å². The molecule has 0 aromatic carbocycles. The highest BCUT2D eigenvalue weighted by Gasteiger charge is 2.32. The minimum atomic E-state index is -1.03. The molecule has 0 spiro atoms. The molecule has 2 amide bonds. The summed E-state index contributed by atoms with van der Waals surface area (Å²) < 4.78 is 10.4. The second-order valence-electron chi connectivity index (χ2n) is 4.89. The highest BCUT2D eigenvalue weighted by Crippen LogP contribution is 2.13. The molecule has 7 heteroatoms. The molecule has 2 heterocycles. The van der Waals surface area contributed by atoms with E-state index in [2.05, 4.69) is 5.32 Å². The molecule has 2 unspecified atom stereocenters. The van der Waals surface area contributed by atoms with Gasteiger partial charge in [-0.15, -0.1) is 0 Å². The van der Waals surface area contributed by atoms with Crippen LogP contribution >= 0.6 is 0 Å². The predicted molar refractivity (Wildman–Crippen MR) is 65.9 cm³/mol. The Morgan fingerprint density at radius 2 is 2.05 bits per heavy atom. The van der Waals surface area contributed by atoms with E-state index in [1.165, 1.54) is 4.90 Å². The number of carbonyl (C=O) groups is 2.